The molecule has 5 nitrogen and oxygen atoms in total. The van der Waals surface area contributed by atoms with Gasteiger partial charge in [0, 0.05) is 6.20 Å². The van der Waals surface area contributed by atoms with Gasteiger partial charge in [0.05, 0.1) is 35.4 Å². The van der Waals surface area contributed by atoms with Gasteiger partial charge in [-0.15, -0.1) is 0 Å². The summed E-state index contributed by atoms with van der Waals surface area (Å²) in [5, 5.41) is 0. The summed E-state index contributed by atoms with van der Waals surface area (Å²) in [6, 6.07) is 3.44. The van der Waals surface area contributed by atoms with Crippen LogP contribution in [0.4, 0.5) is 5.69 Å². The molecule has 4 atom stereocenters. The van der Waals surface area contributed by atoms with Gasteiger partial charge in [0.15, 0.2) is 0 Å². The molecule has 4 rings (SSSR count). The Kier molecular flexibility index (Phi) is 1.89. The molecule has 4 heterocycles. The predicted octanol–water partition coefficient (Wildman–Crippen LogP) is 0.914. The second-order valence-corrected chi connectivity index (χ2v) is 5.35. The van der Waals surface area contributed by atoms with Gasteiger partial charge in [-0.2, -0.15) is 0 Å². The zero-order chi connectivity index (χ0) is 13.2. The lowest BCUT2D eigenvalue weighted by Gasteiger charge is -2.23. The summed E-state index contributed by atoms with van der Waals surface area (Å²) in [5.74, 6) is -1.16. The van der Waals surface area contributed by atoms with E-state index >= 15 is 0 Å². The van der Waals surface area contributed by atoms with Gasteiger partial charge in [0.25, 0.3) is 0 Å². The van der Waals surface area contributed by atoms with Crippen molar-refractivity contribution in [3.63, 3.8) is 0 Å². The quantitative estimate of drug-likeness (QED) is 0.553. The number of carbonyl (C=O) groups excluding carboxylic acids is 2. The molecule has 96 valence electrons. The number of nitrogens with zero attached hydrogens (tertiary/aromatic N) is 2. The third-order valence-corrected chi connectivity index (χ3v) is 4.23. The highest BCUT2D eigenvalue weighted by Crippen LogP contribution is 2.52. The van der Waals surface area contributed by atoms with Gasteiger partial charge in [0.1, 0.15) is 0 Å². The van der Waals surface area contributed by atoms with Crippen LogP contribution < -0.4 is 4.90 Å². The Labute approximate surface area is 109 Å². The Hall–Kier alpha value is -2.01. The van der Waals surface area contributed by atoms with Crippen LogP contribution >= 0.6 is 0 Å². The van der Waals surface area contributed by atoms with Crippen LogP contribution in [0.3, 0.4) is 0 Å². The van der Waals surface area contributed by atoms with Crippen molar-refractivity contribution in [2.45, 2.75) is 18.6 Å². The number of fused-ring (bicyclic) bond motifs is 5. The molecule has 0 aliphatic carbocycles. The summed E-state index contributed by atoms with van der Waals surface area (Å²) in [4.78, 5) is 30.3. The number of hydrogen-bond donors (Lipinski definition) is 0. The van der Waals surface area contributed by atoms with Gasteiger partial charge >= 0.3 is 0 Å². The fraction of sp³-hybridized carbons (Fsp3) is 0.357. The van der Waals surface area contributed by atoms with E-state index in [-0.39, 0.29) is 23.8 Å². The lowest BCUT2D eigenvalue weighted by molar-refractivity contribution is -0.126. The van der Waals surface area contributed by atoms with Gasteiger partial charge in [-0.1, -0.05) is 12.2 Å². The van der Waals surface area contributed by atoms with Crippen LogP contribution in [0.1, 0.15) is 6.92 Å². The Morgan fingerprint density at radius 3 is 2.89 bits per heavy atom. The molecule has 0 unspecified atom stereocenters. The molecule has 0 spiro atoms. The van der Waals surface area contributed by atoms with E-state index in [1.807, 2.05) is 19.1 Å². The summed E-state index contributed by atoms with van der Waals surface area (Å²) in [6.45, 7) is 1.87. The highest BCUT2D eigenvalue weighted by Gasteiger charge is 2.66. The monoisotopic (exact) mass is 256 g/mol. The molecule has 3 aliphatic heterocycles. The van der Waals surface area contributed by atoms with E-state index in [9.17, 15) is 9.59 Å². The lowest BCUT2D eigenvalue weighted by atomic mass is 9.78. The summed E-state index contributed by atoms with van der Waals surface area (Å²) < 4.78 is 5.76. The van der Waals surface area contributed by atoms with E-state index in [1.165, 1.54) is 11.1 Å². The zero-order valence-electron chi connectivity index (χ0n) is 10.3. The summed E-state index contributed by atoms with van der Waals surface area (Å²) >= 11 is 0. The molecule has 1 aromatic heterocycles. The van der Waals surface area contributed by atoms with Crippen molar-refractivity contribution >= 4 is 17.5 Å². The SMILES string of the molecule is C[C@@]12C=C[C@@H](O1)[C@H]1C(=O)N(c3cccnc3)C(=O)[C@H]12. The molecule has 3 aliphatic rings. The number of carbonyl (C=O) groups is 2. The molecule has 0 radical (unpaired) electrons. The van der Waals surface area contributed by atoms with E-state index in [2.05, 4.69) is 4.98 Å². The van der Waals surface area contributed by atoms with Crippen LogP contribution in [-0.2, 0) is 14.3 Å². The van der Waals surface area contributed by atoms with Crippen molar-refractivity contribution in [1.82, 2.24) is 4.98 Å². The van der Waals surface area contributed by atoms with Crippen molar-refractivity contribution in [1.29, 1.82) is 0 Å². The molecule has 19 heavy (non-hydrogen) atoms. The Bertz CT molecular complexity index is 612. The molecule has 0 saturated carbocycles. The summed E-state index contributed by atoms with van der Waals surface area (Å²) in [6.07, 6.45) is 6.67. The Morgan fingerprint density at radius 1 is 1.37 bits per heavy atom. The molecule has 0 N–H and O–H groups in total. The van der Waals surface area contributed by atoms with Crippen molar-refractivity contribution in [2.24, 2.45) is 11.8 Å². The molecule has 0 aromatic carbocycles. The van der Waals surface area contributed by atoms with Gasteiger partial charge in [0.2, 0.25) is 11.8 Å². The van der Waals surface area contributed by atoms with Crippen LogP contribution in [-0.4, -0.2) is 28.5 Å². The molecule has 2 bridgehead atoms. The molecular weight excluding hydrogens is 244 g/mol. The zero-order valence-corrected chi connectivity index (χ0v) is 10.3. The molecule has 2 amide bonds. The smallest absolute Gasteiger partial charge is 0.241 e. The minimum absolute atomic E-state index is 0.180. The van der Waals surface area contributed by atoms with Gasteiger partial charge in [-0.3, -0.25) is 14.6 Å². The molecule has 2 fully saturated rings. The average Bonchev–Trinajstić information content (AvgIpc) is 3.00. The maximum absolute atomic E-state index is 12.6. The van der Waals surface area contributed by atoms with Crippen molar-refractivity contribution < 1.29 is 14.3 Å². The highest BCUT2D eigenvalue weighted by molar-refractivity contribution is 6.23. The lowest BCUT2D eigenvalue weighted by Crippen LogP contribution is -2.38. The van der Waals surface area contributed by atoms with Crippen molar-refractivity contribution in [3.05, 3.63) is 36.7 Å². The first kappa shape index (κ1) is 10.9. The third kappa shape index (κ3) is 1.20. The van der Waals surface area contributed by atoms with E-state index in [1.54, 1.807) is 18.3 Å². The maximum Gasteiger partial charge on any atom is 0.241 e. The highest BCUT2D eigenvalue weighted by atomic mass is 16.5. The maximum atomic E-state index is 12.6. The normalized spacial score (nSPS) is 39.2. The minimum Gasteiger partial charge on any atom is -0.362 e. The molecule has 5 heteroatoms. The number of pyridine rings is 1. The van der Waals surface area contributed by atoms with Crippen LogP contribution in [0.2, 0.25) is 0 Å². The summed E-state index contributed by atoms with van der Waals surface area (Å²) in [7, 11) is 0. The number of amides is 2. The number of anilines is 1. The van der Waals surface area contributed by atoms with Gasteiger partial charge < -0.3 is 4.74 Å². The van der Waals surface area contributed by atoms with Gasteiger partial charge in [-0.25, -0.2) is 4.90 Å². The van der Waals surface area contributed by atoms with Crippen molar-refractivity contribution in [3.8, 4) is 0 Å². The average molecular weight is 256 g/mol. The number of ether oxygens (including phenoxy) is 1. The van der Waals surface area contributed by atoms with Crippen LogP contribution in [0.5, 0.6) is 0 Å². The van der Waals surface area contributed by atoms with E-state index in [4.69, 9.17) is 4.74 Å². The van der Waals surface area contributed by atoms with E-state index in [0.29, 0.717) is 5.69 Å². The van der Waals surface area contributed by atoms with Crippen LogP contribution in [0, 0.1) is 11.8 Å². The van der Waals surface area contributed by atoms with E-state index < -0.39 is 11.5 Å². The standard InChI is InChI=1S/C14H12N2O3/c1-14-5-4-9(19-14)10-11(14)13(18)16(12(10)17)8-3-2-6-15-7-8/h2-7,9-11H,1H3/t9-,10-,11+,14+/m1/s1. The van der Waals surface area contributed by atoms with Crippen molar-refractivity contribution in [2.75, 3.05) is 4.90 Å². The number of rotatable bonds is 1. The largest absolute Gasteiger partial charge is 0.362 e. The van der Waals surface area contributed by atoms with Crippen LogP contribution in [0.25, 0.3) is 0 Å². The number of hydrogen-bond acceptors (Lipinski definition) is 4. The topological polar surface area (TPSA) is 59.5 Å². The van der Waals surface area contributed by atoms with E-state index in [0.717, 1.165) is 0 Å². The molecular formula is C14H12N2O3. The number of imide groups is 1. The van der Waals surface area contributed by atoms with Crippen LogP contribution in [0.15, 0.2) is 36.7 Å². The second-order valence-electron chi connectivity index (χ2n) is 5.35. The predicted molar refractivity (Wildman–Crippen MR) is 66.1 cm³/mol. The minimum atomic E-state index is -0.640. The Morgan fingerprint density at radius 2 is 2.21 bits per heavy atom. The fourth-order valence-electron chi connectivity index (χ4n) is 3.39. The number of aromatic nitrogens is 1. The second kappa shape index (κ2) is 3.30. The Balaban J connectivity index is 1.80. The molecule has 2 saturated heterocycles. The fourth-order valence-corrected chi connectivity index (χ4v) is 3.39. The summed E-state index contributed by atoms with van der Waals surface area (Å²) in [5.41, 5.74) is -0.103. The first-order valence-electron chi connectivity index (χ1n) is 6.27. The first-order valence-corrected chi connectivity index (χ1v) is 6.27. The molecule has 1 aromatic rings. The first-order chi connectivity index (χ1) is 9.12. The van der Waals surface area contributed by atoms with Gasteiger partial charge in [-0.05, 0) is 19.1 Å². The third-order valence-electron chi connectivity index (χ3n) is 4.23.